The fourth-order valence-electron chi connectivity index (χ4n) is 3.67. The summed E-state index contributed by atoms with van der Waals surface area (Å²) >= 11 is 0. The van der Waals surface area contributed by atoms with Gasteiger partial charge >= 0.3 is 0 Å². The van der Waals surface area contributed by atoms with Crippen LogP contribution in [0.3, 0.4) is 0 Å². The van der Waals surface area contributed by atoms with Gasteiger partial charge in [0.25, 0.3) is 0 Å². The van der Waals surface area contributed by atoms with Gasteiger partial charge in [0, 0.05) is 17.8 Å². The molecule has 0 saturated heterocycles. The van der Waals surface area contributed by atoms with Crippen molar-refractivity contribution in [2.24, 2.45) is 0 Å². The number of hydrogen-bond acceptors (Lipinski definition) is 3. The molecule has 0 fully saturated rings. The van der Waals surface area contributed by atoms with Gasteiger partial charge in [0.2, 0.25) is 11.8 Å². The second-order valence-electron chi connectivity index (χ2n) is 8.08. The van der Waals surface area contributed by atoms with E-state index in [1.807, 2.05) is 75.4 Å². The Morgan fingerprint density at radius 1 is 1.14 bits per heavy atom. The Balaban J connectivity index is 1.61. The first-order chi connectivity index (χ1) is 13.8. The molecule has 2 heterocycles. The van der Waals surface area contributed by atoms with Crippen molar-refractivity contribution in [1.82, 2.24) is 0 Å². The van der Waals surface area contributed by atoms with E-state index in [9.17, 15) is 9.59 Å². The third kappa shape index (κ3) is 3.68. The Morgan fingerprint density at radius 3 is 2.59 bits per heavy atom. The summed E-state index contributed by atoms with van der Waals surface area (Å²) in [5, 5.41) is 5.92. The molecule has 0 saturated carbocycles. The molecular weight excluding hydrogens is 364 g/mol. The first kappa shape index (κ1) is 19.0. The van der Waals surface area contributed by atoms with Crippen molar-refractivity contribution in [3.63, 3.8) is 0 Å². The predicted molar refractivity (Wildman–Crippen MR) is 113 cm³/mol. The van der Waals surface area contributed by atoms with Gasteiger partial charge in [-0.3, -0.25) is 9.59 Å². The van der Waals surface area contributed by atoms with E-state index in [0.29, 0.717) is 12.1 Å². The number of anilines is 2. The summed E-state index contributed by atoms with van der Waals surface area (Å²) in [6.07, 6.45) is 2.09. The van der Waals surface area contributed by atoms with Crippen LogP contribution in [0.25, 0.3) is 0 Å². The van der Waals surface area contributed by atoms with Gasteiger partial charge in [-0.25, -0.2) is 0 Å². The molecule has 1 unspecified atom stereocenters. The van der Waals surface area contributed by atoms with Crippen LogP contribution in [0.1, 0.15) is 42.2 Å². The molecule has 2 N–H and O–H groups in total. The Labute approximate surface area is 170 Å². The summed E-state index contributed by atoms with van der Waals surface area (Å²) in [6.45, 7) is 5.78. The minimum absolute atomic E-state index is 0.0358. The lowest BCUT2D eigenvalue weighted by Gasteiger charge is -2.19. The molecule has 3 aromatic rings. The summed E-state index contributed by atoms with van der Waals surface area (Å²) in [5.41, 5.74) is 3.81. The predicted octanol–water partition coefficient (Wildman–Crippen LogP) is 4.78. The van der Waals surface area contributed by atoms with Gasteiger partial charge in [-0.1, -0.05) is 29.8 Å². The van der Waals surface area contributed by atoms with Crippen LogP contribution < -0.4 is 10.6 Å². The third-order valence-corrected chi connectivity index (χ3v) is 5.56. The molecule has 5 heteroatoms. The number of aryl methyl sites for hydroxylation is 1. The minimum Gasteiger partial charge on any atom is -0.469 e. The molecule has 1 atom stereocenters. The quantitative estimate of drug-likeness (QED) is 0.661. The standard InChI is InChI=1S/C24H24N2O3/c1-15-6-8-16(9-7-15)19(14-18-5-4-12-29-18)22(27)25-17-10-11-21-20(13-17)24(2,3)23(28)26-21/h4-13,19H,14H2,1-3H3,(H,25,27)(H,26,28). The van der Waals surface area contributed by atoms with Gasteiger partial charge in [0.1, 0.15) is 5.76 Å². The summed E-state index contributed by atoms with van der Waals surface area (Å²) in [6, 6.07) is 17.2. The van der Waals surface area contributed by atoms with Crippen molar-refractivity contribution >= 4 is 23.2 Å². The number of hydrogen-bond donors (Lipinski definition) is 2. The van der Waals surface area contributed by atoms with Crippen LogP contribution in [0.15, 0.2) is 65.3 Å². The SMILES string of the molecule is Cc1ccc(C(Cc2ccco2)C(=O)Nc2ccc3c(c2)C(C)(C)C(=O)N3)cc1. The molecule has 29 heavy (non-hydrogen) atoms. The number of carbonyl (C=O) groups is 2. The van der Waals surface area contributed by atoms with Crippen LogP contribution in [0, 0.1) is 6.92 Å². The molecule has 2 amide bonds. The molecule has 1 aromatic heterocycles. The Hall–Kier alpha value is -3.34. The number of furan rings is 1. The molecular formula is C24H24N2O3. The lowest BCUT2D eigenvalue weighted by atomic mass is 9.86. The first-order valence-electron chi connectivity index (χ1n) is 9.70. The smallest absolute Gasteiger partial charge is 0.234 e. The van der Waals surface area contributed by atoms with Gasteiger partial charge < -0.3 is 15.1 Å². The second kappa shape index (κ2) is 7.24. The normalized spacial score (nSPS) is 15.5. The molecule has 0 spiro atoms. The fraction of sp³-hybridized carbons (Fsp3) is 0.250. The summed E-state index contributed by atoms with van der Waals surface area (Å²) in [7, 11) is 0. The van der Waals surface area contributed by atoms with Crippen molar-refractivity contribution < 1.29 is 14.0 Å². The zero-order valence-corrected chi connectivity index (χ0v) is 16.8. The van der Waals surface area contributed by atoms with Crippen molar-refractivity contribution in [2.45, 2.75) is 38.5 Å². The Morgan fingerprint density at radius 2 is 1.90 bits per heavy atom. The monoisotopic (exact) mass is 388 g/mol. The molecule has 2 aromatic carbocycles. The van der Waals surface area contributed by atoms with Crippen LogP contribution >= 0.6 is 0 Å². The molecule has 5 nitrogen and oxygen atoms in total. The maximum Gasteiger partial charge on any atom is 0.234 e. The molecule has 148 valence electrons. The highest BCUT2D eigenvalue weighted by molar-refractivity contribution is 6.06. The maximum atomic E-state index is 13.2. The van der Waals surface area contributed by atoms with E-state index < -0.39 is 5.41 Å². The van der Waals surface area contributed by atoms with Gasteiger partial charge in [-0.15, -0.1) is 0 Å². The van der Waals surface area contributed by atoms with Crippen LogP contribution in [-0.4, -0.2) is 11.8 Å². The lowest BCUT2D eigenvalue weighted by Crippen LogP contribution is -2.27. The van der Waals surface area contributed by atoms with E-state index in [1.54, 1.807) is 6.26 Å². The number of rotatable bonds is 5. The molecule has 0 radical (unpaired) electrons. The molecule has 1 aliphatic rings. The Bertz CT molecular complexity index is 1050. The van der Waals surface area contributed by atoms with Crippen LogP contribution in [0.4, 0.5) is 11.4 Å². The van der Waals surface area contributed by atoms with Gasteiger partial charge in [-0.2, -0.15) is 0 Å². The number of amides is 2. The van der Waals surface area contributed by atoms with Crippen molar-refractivity contribution in [2.75, 3.05) is 10.6 Å². The highest BCUT2D eigenvalue weighted by Crippen LogP contribution is 2.39. The van der Waals surface area contributed by atoms with Gasteiger partial charge in [0.15, 0.2) is 0 Å². The third-order valence-electron chi connectivity index (χ3n) is 5.56. The van der Waals surface area contributed by atoms with E-state index in [2.05, 4.69) is 10.6 Å². The highest BCUT2D eigenvalue weighted by atomic mass is 16.3. The zero-order valence-electron chi connectivity index (χ0n) is 16.8. The lowest BCUT2D eigenvalue weighted by molar-refractivity contribution is -0.119. The van der Waals surface area contributed by atoms with E-state index in [1.165, 1.54) is 0 Å². The number of nitrogens with one attached hydrogen (secondary N) is 2. The molecule has 4 rings (SSSR count). The van der Waals surface area contributed by atoms with E-state index >= 15 is 0 Å². The fourth-order valence-corrected chi connectivity index (χ4v) is 3.67. The van der Waals surface area contributed by atoms with Crippen molar-refractivity contribution in [1.29, 1.82) is 0 Å². The average molecular weight is 388 g/mol. The average Bonchev–Trinajstić information content (AvgIpc) is 3.28. The van der Waals surface area contributed by atoms with Gasteiger partial charge in [-0.05, 0) is 62.2 Å². The highest BCUT2D eigenvalue weighted by Gasteiger charge is 2.38. The van der Waals surface area contributed by atoms with Crippen LogP contribution in [0.5, 0.6) is 0 Å². The minimum atomic E-state index is -0.624. The zero-order chi connectivity index (χ0) is 20.6. The van der Waals surface area contributed by atoms with Crippen molar-refractivity contribution in [3.05, 3.63) is 83.3 Å². The topological polar surface area (TPSA) is 71.3 Å². The molecule has 1 aliphatic heterocycles. The van der Waals surface area contributed by atoms with E-state index in [4.69, 9.17) is 4.42 Å². The van der Waals surface area contributed by atoms with Gasteiger partial charge in [0.05, 0.1) is 17.6 Å². The number of benzene rings is 2. The van der Waals surface area contributed by atoms with Crippen molar-refractivity contribution in [3.8, 4) is 0 Å². The maximum absolute atomic E-state index is 13.2. The Kier molecular flexibility index (Phi) is 4.74. The molecule has 0 aliphatic carbocycles. The first-order valence-corrected chi connectivity index (χ1v) is 9.70. The summed E-state index contributed by atoms with van der Waals surface area (Å²) in [5.74, 6) is 0.227. The second-order valence-corrected chi connectivity index (χ2v) is 8.08. The van der Waals surface area contributed by atoms with E-state index in [-0.39, 0.29) is 17.7 Å². The van der Waals surface area contributed by atoms with Crippen LogP contribution in [0.2, 0.25) is 0 Å². The molecule has 0 bridgehead atoms. The number of carbonyl (C=O) groups excluding carboxylic acids is 2. The van der Waals surface area contributed by atoms with Crippen LogP contribution in [-0.2, 0) is 21.4 Å². The van der Waals surface area contributed by atoms with E-state index in [0.717, 1.165) is 28.1 Å². The summed E-state index contributed by atoms with van der Waals surface area (Å²) in [4.78, 5) is 25.4. The largest absolute Gasteiger partial charge is 0.469 e. The number of fused-ring (bicyclic) bond motifs is 1. The summed E-state index contributed by atoms with van der Waals surface area (Å²) < 4.78 is 5.48.